The van der Waals surface area contributed by atoms with Gasteiger partial charge >= 0.3 is 0 Å². The molecule has 1 unspecified atom stereocenters. The van der Waals surface area contributed by atoms with E-state index in [4.69, 9.17) is 6.42 Å². The van der Waals surface area contributed by atoms with Crippen molar-refractivity contribution < 1.29 is 4.79 Å². The fourth-order valence-electron chi connectivity index (χ4n) is 2.17. The first-order valence-corrected chi connectivity index (χ1v) is 6.16. The molecule has 1 aliphatic heterocycles. The number of terminal acetylenes is 1. The largest absolute Gasteiger partial charge is 0.385 e. The number of anilines is 1. The second-order valence-electron chi connectivity index (χ2n) is 5.11. The van der Waals surface area contributed by atoms with Gasteiger partial charge in [0.05, 0.1) is 11.5 Å². The lowest BCUT2D eigenvalue weighted by molar-refractivity contribution is -0.123. The van der Waals surface area contributed by atoms with Gasteiger partial charge in [0, 0.05) is 12.2 Å². The Bertz CT molecular complexity index is 499. The fourth-order valence-corrected chi connectivity index (χ4v) is 2.17. The summed E-state index contributed by atoms with van der Waals surface area (Å²) in [5.41, 5.74) is 1.49. The van der Waals surface area contributed by atoms with Gasteiger partial charge in [-0.15, -0.1) is 6.42 Å². The number of fused-ring (bicyclic) bond motifs is 1. The van der Waals surface area contributed by atoms with Crippen LogP contribution in [0.3, 0.4) is 0 Å². The molecule has 94 valence electrons. The van der Waals surface area contributed by atoms with Crippen molar-refractivity contribution in [3.8, 4) is 12.3 Å². The van der Waals surface area contributed by atoms with Crippen molar-refractivity contribution in [3.05, 3.63) is 29.8 Å². The highest BCUT2D eigenvalue weighted by atomic mass is 16.2. The number of para-hydroxylation sites is 1. The number of amides is 1. The summed E-state index contributed by atoms with van der Waals surface area (Å²) in [6, 6.07) is 7.92. The van der Waals surface area contributed by atoms with Gasteiger partial charge in [0.2, 0.25) is 5.91 Å². The first kappa shape index (κ1) is 12.5. The van der Waals surface area contributed by atoms with E-state index >= 15 is 0 Å². The molecule has 2 rings (SSSR count). The van der Waals surface area contributed by atoms with Gasteiger partial charge < -0.3 is 10.6 Å². The zero-order valence-corrected chi connectivity index (χ0v) is 10.8. The third-order valence-corrected chi connectivity index (χ3v) is 3.20. The fraction of sp³-hybridized carbons (Fsp3) is 0.400. The Morgan fingerprint density at radius 3 is 2.94 bits per heavy atom. The lowest BCUT2D eigenvalue weighted by atomic mass is 9.89. The molecule has 0 spiro atoms. The average Bonchev–Trinajstić information content (AvgIpc) is 2.37. The number of benzene rings is 1. The Balaban J connectivity index is 2.21. The second-order valence-corrected chi connectivity index (χ2v) is 5.11. The van der Waals surface area contributed by atoms with E-state index in [0.717, 1.165) is 24.2 Å². The van der Waals surface area contributed by atoms with E-state index in [2.05, 4.69) is 16.6 Å². The third kappa shape index (κ3) is 2.48. The maximum Gasteiger partial charge on any atom is 0.228 e. The van der Waals surface area contributed by atoms with Crippen LogP contribution in [0.2, 0.25) is 0 Å². The van der Waals surface area contributed by atoms with E-state index in [1.165, 1.54) is 0 Å². The van der Waals surface area contributed by atoms with Gasteiger partial charge in [-0.05, 0) is 31.9 Å². The zero-order valence-electron chi connectivity index (χ0n) is 10.8. The second kappa shape index (κ2) is 4.73. The molecule has 1 atom stereocenters. The van der Waals surface area contributed by atoms with Gasteiger partial charge in [0.15, 0.2) is 0 Å². The highest BCUT2D eigenvalue weighted by molar-refractivity contribution is 5.87. The van der Waals surface area contributed by atoms with E-state index < -0.39 is 5.54 Å². The van der Waals surface area contributed by atoms with E-state index in [9.17, 15) is 4.79 Å². The highest BCUT2D eigenvalue weighted by Crippen LogP contribution is 2.31. The van der Waals surface area contributed by atoms with Crippen LogP contribution in [0.15, 0.2) is 24.3 Å². The number of nitrogens with one attached hydrogen (secondary N) is 2. The molecule has 1 heterocycles. The lowest BCUT2D eigenvalue weighted by Gasteiger charge is -2.29. The summed E-state index contributed by atoms with van der Waals surface area (Å²) < 4.78 is 0. The van der Waals surface area contributed by atoms with Crippen LogP contribution in [0.25, 0.3) is 0 Å². The van der Waals surface area contributed by atoms with E-state index in [0.29, 0.717) is 0 Å². The third-order valence-electron chi connectivity index (χ3n) is 3.20. The summed E-state index contributed by atoms with van der Waals surface area (Å²) in [6.45, 7) is 4.47. The Hall–Kier alpha value is -1.95. The number of hydrogen-bond acceptors (Lipinski definition) is 2. The first-order valence-electron chi connectivity index (χ1n) is 6.16. The number of carbonyl (C=O) groups is 1. The van der Waals surface area contributed by atoms with E-state index in [1.54, 1.807) is 0 Å². The molecule has 18 heavy (non-hydrogen) atoms. The van der Waals surface area contributed by atoms with Crippen molar-refractivity contribution in [2.45, 2.75) is 31.7 Å². The number of rotatable bonds is 2. The molecule has 0 bridgehead atoms. The summed E-state index contributed by atoms with van der Waals surface area (Å²) in [5, 5.41) is 6.22. The van der Waals surface area contributed by atoms with Crippen LogP contribution in [0.1, 0.15) is 31.7 Å². The molecule has 0 aliphatic carbocycles. The maximum absolute atomic E-state index is 12.3. The van der Waals surface area contributed by atoms with Crippen LogP contribution in [0.5, 0.6) is 0 Å². The van der Waals surface area contributed by atoms with Crippen molar-refractivity contribution in [2.75, 3.05) is 11.9 Å². The minimum Gasteiger partial charge on any atom is -0.385 e. The number of hydrogen-bond donors (Lipinski definition) is 2. The first-order chi connectivity index (χ1) is 8.53. The Kier molecular flexibility index (Phi) is 3.29. The molecular formula is C15H18N2O. The van der Waals surface area contributed by atoms with E-state index in [1.807, 2.05) is 38.1 Å². The molecule has 0 fully saturated rings. The van der Waals surface area contributed by atoms with Crippen molar-refractivity contribution in [1.29, 1.82) is 0 Å². The summed E-state index contributed by atoms with van der Waals surface area (Å²) >= 11 is 0. The highest BCUT2D eigenvalue weighted by Gasteiger charge is 2.29. The predicted octanol–water partition coefficient (Wildman–Crippen LogP) is 2.11. The molecule has 1 aliphatic rings. The average molecular weight is 242 g/mol. The minimum atomic E-state index is -0.600. The van der Waals surface area contributed by atoms with Crippen molar-refractivity contribution in [1.82, 2.24) is 5.32 Å². The van der Waals surface area contributed by atoms with Crippen molar-refractivity contribution in [2.24, 2.45) is 0 Å². The SMILES string of the molecule is C#CC(C)(C)NC(=O)C1CCNc2ccccc21. The molecule has 2 N–H and O–H groups in total. The van der Waals surface area contributed by atoms with Gasteiger partial charge in [-0.2, -0.15) is 0 Å². The summed E-state index contributed by atoms with van der Waals surface area (Å²) in [4.78, 5) is 12.3. The Morgan fingerprint density at radius 2 is 2.22 bits per heavy atom. The quantitative estimate of drug-likeness (QED) is 0.780. The van der Waals surface area contributed by atoms with Crippen LogP contribution < -0.4 is 10.6 Å². The van der Waals surface area contributed by atoms with Crippen molar-refractivity contribution in [3.63, 3.8) is 0 Å². The van der Waals surface area contributed by atoms with Crippen molar-refractivity contribution >= 4 is 11.6 Å². The molecule has 3 heteroatoms. The zero-order chi connectivity index (χ0) is 13.2. The molecule has 1 aromatic rings. The van der Waals surface area contributed by atoms with Gasteiger partial charge in [-0.1, -0.05) is 24.1 Å². The molecule has 0 radical (unpaired) electrons. The van der Waals surface area contributed by atoms with E-state index in [-0.39, 0.29) is 11.8 Å². The smallest absolute Gasteiger partial charge is 0.228 e. The Labute approximate surface area is 108 Å². The number of carbonyl (C=O) groups excluding carboxylic acids is 1. The molecule has 3 nitrogen and oxygen atoms in total. The summed E-state index contributed by atoms with van der Waals surface area (Å²) in [5.74, 6) is 2.48. The van der Waals surface area contributed by atoms with Crippen LogP contribution in [0.4, 0.5) is 5.69 Å². The van der Waals surface area contributed by atoms with Crippen LogP contribution >= 0.6 is 0 Å². The van der Waals surface area contributed by atoms with Gasteiger partial charge in [-0.3, -0.25) is 4.79 Å². The molecule has 1 aromatic carbocycles. The topological polar surface area (TPSA) is 41.1 Å². The van der Waals surface area contributed by atoms with Gasteiger partial charge in [0.25, 0.3) is 0 Å². The minimum absolute atomic E-state index is 0.00639. The maximum atomic E-state index is 12.3. The lowest BCUT2D eigenvalue weighted by Crippen LogP contribution is -2.45. The summed E-state index contributed by atoms with van der Waals surface area (Å²) in [6.07, 6.45) is 6.20. The van der Waals surface area contributed by atoms with Gasteiger partial charge in [0.1, 0.15) is 0 Å². The standard InChI is InChI=1S/C15H18N2O/c1-4-15(2,3)17-14(18)12-9-10-16-13-8-6-5-7-11(12)13/h1,5-8,12,16H,9-10H2,2-3H3,(H,17,18). The monoisotopic (exact) mass is 242 g/mol. The molecular weight excluding hydrogens is 224 g/mol. The van der Waals surface area contributed by atoms with Gasteiger partial charge in [-0.25, -0.2) is 0 Å². The summed E-state index contributed by atoms with van der Waals surface area (Å²) in [7, 11) is 0. The normalized spacial score (nSPS) is 18.2. The van der Waals surface area contributed by atoms with Crippen LogP contribution in [0, 0.1) is 12.3 Å². The Morgan fingerprint density at radius 1 is 1.50 bits per heavy atom. The van der Waals surface area contributed by atoms with Crippen LogP contribution in [-0.4, -0.2) is 18.0 Å². The molecule has 0 aromatic heterocycles. The molecule has 1 amide bonds. The predicted molar refractivity (Wildman–Crippen MR) is 73.3 cm³/mol. The molecule has 0 saturated carbocycles. The molecule has 0 saturated heterocycles. The van der Waals surface area contributed by atoms with Crippen LogP contribution in [-0.2, 0) is 4.79 Å².